The van der Waals surface area contributed by atoms with Crippen molar-refractivity contribution in [2.75, 3.05) is 13.1 Å². The summed E-state index contributed by atoms with van der Waals surface area (Å²) in [4.78, 5) is 7.31. The number of aryl methyl sites for hydroxylation is 1. The van der Waals surface area contributed by atoms with Gasteiger partial charge in [0.2, 0.25) is 0 Å². The lowest BCUT2D eigenvalue weighted by Crippen LogP contribution is -2.49. The lowest BCUT2D eigenvalue weighted by Gasteiger charge is -2.35. The molecule has 1 aliphatic carbocycles. The van der Waals surface area contributed by atoms with E-state index in [1.165, 1.54) is 25.7 Å². The summed E-state index contributed by atoms with van der Waals surface area (Å²) in [6, 6.07) is 10.7. The Kier molecular flexibility index (Phi) is 6.32. The number of nitrogens with zero attached hydrogens (tertiary/aromatic N) is 5. The highest BCUT2D eigenvalue weighted by Crippen LogP contribution is 2.21. The Morgan fingerprint density at radius 3 is 2.48 bits per heavy atom. The molecule has 0 amide bonds. The molecular formula is C22H32N6O. The van der Waals surface area contributed by atoms with Crippen LogP contribution < -0.4 is 10.1 Å². The van der Waals surface area contributed by atoms with Crippen molar-refractivity contribution in [3.8, 4) is 5.75 Å². The molecule has 7 heteroatoms. The number of likely N-dealkylation sites (tertiary alicyclic amines) is 1. The molecule has 0 spiro atoms. The Bertz CT molecular complexity index is 804. The normalized spacial score (nSPS) is 19.0. The van der Waals surface area contributed by atoms with Gasteiger partial charge in [-0.05, 0) is 31.9 Å². The summed E-state index contributed by atoms with van der Waals surface area (Å²) in [5, 5.41) is 12.1. The second-order valence-corrected chi connectivity index (χ2v) is 8.11. The van der Waals surface area contributed by atoms with Crippen LogP contribution in [0.3, 0.4) is 0 Å². The number of para-hydroxylation sites is 1. The lowest BCUT2D eigenvalue weighted by atomic mass is 10.1. The lowest BCUT2D eigenvalue weighted by molar-refractivity contribution is 0.129. The molecule has 2 aliphatic rings. The minimum atomic E-state index is 0.266. The highest BCUT2D eigenvalue weighted by Gasteiger charge is 2.25. The summed E-state index contributed by atoms with van der Waals surface area (Å²) in [5.41, 5.74) is 0. The first-order chi connectivity index (χ1) is 14.2. The van der Waals surface area contributed by atoms with Crippen molar-refractivity contribution in [2.24, 2.45) is 12.0 Å². The van der Waals surface area contributed by atoms with Crippen molar-refractivity contribution in [1.29, 1.82) is 0 Å². The molecule has 2 fully saturated rings. The number of piperidine rings is 1. The summed E-state index contributed by atoms with van der Waals surface area (Å²) in [6.07, 6.45) is 7.35. The molecule has 2 heterocycles. The van der Waals surface area contributed by atoms with Gasteiger partial charge in [0.1, 0.15) is 24.2 Å². The van der Waals surface area contributed by atoms with Gasteiger partial charge in [0.05, 0.1) is 0 Å². The van der Waals surface area contributed by atoms with Crippen LogP contribution in [-0.2, 0) is 13.6 Å². The summed E-state index contributed by atoms with van der Waals surface area (Å²) in [7, 11) is 2.00. The standard InChI is InChI=1S/C22H32N6O/c1-17-25-26-21(27(17)2)16-23-22(24-18-8-6-7-9-18)28-14-12-20(13-15-28)29-19-10-4-3-5-11-19/h3-5,10-11,18,20H,6-9,12-16H2,1-2H3,(H,23,24). The molecule has 0 atom stereocenters. The Labute approximate surface area is 173 Å². The first-order valence-corrected chi connectivity index (χ1v) is 10.8. The summed E-state index contributed by atoms with van der Waals surface area (Å²) in [6.45, 7) is 4.42. The predicted molar refractivity (Wildman–Crippen MR) is 114 cm³/mol. The predicted octanol–water partition coefficient (Wildman–Crippen LogP) is 3.06. The molecular weight excluding hydrogens is 364 g/mol. The Balaban J connectivity index is 1.39. The molecule has 0 radical (unpaired) electrons. The highest BCUT2D eigenvalue weighted by molar-refractivity contribution is 5.80. The number of nitrogens with one attached hydrogen (secondary N) is 1. The topological polar surface area (TPSA) is 67.6 Å². The Morgan fingerprint density at radius 1 is 1.10 bits per heavy atom. The number of aliphatic imine (C=N–C) groups is 1. The van der Waals surface area contributed by atoms with Gasteiger partial charge in [0.25, 0.3) is 0 Å². The molecule has 4 rings (SSSR count). The fourth-order valence-electron chi connectivity index (χ4n) is 4.10. The zero-order valence-corrected chi connectivity index (χ0v) is 17.5. The van der Waals surface area contributed by atoms with Gasteiger partial charge < -0.3 is 19.5 Å². The van der Waals surface area contributed by atoms with Gasteiger partial charge in [0, 0.05) is 39.0 Å². The van der Waals surface area contributed by atoms with Crippen molar-refractivity contribution in [3.05, 3.63) is 42.0 Å². The van der Waals surface area contributed by atoms with E-state index >= 15 is 0 Å². The first-order valence-electron chi connectivity index (χ1n) is 10.8. The fourth-order valence-corrected chi connectivity index (χ4v) is 4.10. The van der Waals surface area contributed by atoms with Gasteiger partial charge in [-0.2, -0.15) is 0 Å². The third-order valence-electron chi connectivity index (χ3n) is 6.03. The van der Waals surface area contributed by atoms with Crippen LogP contribution >= 0.6 is 0 Å². The summed E-state index contributed by atoms with van der Waals surface area (Å²) in [5.74, 6) is 3.78. The molecule has 7 nitrogen and oxygen atoms in total. The number of ether oxygens (including phenoxy) is 1. The molecule has 0 bridgehead atoms. The third kappa shape index (κ3) is 5.08. The van der Waals surface area contributed by atoms with Crippen LogP contribution in [0, 0.1) is 6.92 Å². The number of benzene rings is 1. The maximum Gasteiger partial charge on any atom is 0.194 e. The molecule has 1 aromatic carbocycles. The van der Waals surface area contributed by atoms with Crippen LogP contribution in [0.5, 0.6) is 5.75 Å². The number of guanidine groups is 1. The van der Waals surface area contributed by atoms with Gasteiger partial charge >= 0.3 is 0 Å². The third-order valence-corrected chi connectivity index (χ3v) is 6.03. The van der Waals surface area contributed by atoms with Crippen molar-refractivity contribution in [1.82, 2.24) is 25.0 Å². The molecule has 156 valence electrons. The van der Waals surface area contributed by atoms with Crippen molar-refractivity contribution in [3.63, 3.8) is 0 Å². The number of rotatable bonds is 5. The molecule has 1 aromatic heterocycles. The van der Waals surface area contributed by atoms with E-state index in [-0.39, 0.29) is 6.10 Å². The smallest absolute Gasteiger partial charge is 0.194 e. The summed E-state index contributed by atoms with van der Waals surface area (Å²) >= 11 is 0. The van der Waals surface area contributed by atoms with Crippen LogP contribution in [0.4, 0.5) is 0 Å². The molecule has 1 N–H and O–H groups in total. The van der Waals surface area contributed by atoms with E-state index in [0.717, 1.165) is 49.3 Å². The van der Waals surface area contributed by atoms with Crippen molar-refractivity contribution < 1.29 is 4.74 Å². The average molecular weight is 397 g/mol. The van der Waals surface area contributed by atoms with Gasteiger partial charge in [-0.3, -0.25) is 0 Å². The van der Waals surface area contributed by atoms with Crippen LogP contribution in [0.25, 0.3) is 0 Å². The Hall–Kier alpha value is -2.57. The van der Waals surface area contributed by atoms with Gasteiger partial charge in [-0.25, -0.2) is 4.99 Å². The van der Waals surface area contributed by atoms with E-state index in [4.69, 9.17) is 9.73 Å². The molecule has 1 saturated heterocycles. The van der Waals surface area contributed by atoms with Crippen LogP contribution in [0.2, 0.25) is 0 Å². The minimum absolute atomic E-state index is 0.266. The van der Waals surface area contributed by atoms with E-state index in [0.29, 0.717) is 12.6 Å². The van der Waals surface area contributed by atoms with E-state index in [1.807, 2.05) is 48.9 Å². The Morgan fingerprint density at radius 2 is 1.83 bits per heavy atom. The van der Waals surface area contributed by atoms with Gasteiger partial charge in [-0.1, -0.05) is 31.0 Å². The highest BCUT2D eigenvalue weighted by atomic mass is 16.5. The molecule has 29 heavy (non-hydrogen) atoms. The zero-order chi connectivity index (χ0) is 20.1. The SMILES string of the molecule is Cc1nnc(CN=C(NC2CCCC2)N2CCC(Oc3ccccc3)CC2)n1C. The number of hydrogen-bond donors (Lipinski definition) is 1. The van der Waals surface area contributed by atoms with Gasteiger partial charge in [-0.15, -0.1) is 10.2 Å². The van der Waals surface area contributed by atoms with Crippen LogP contribution in [0.1, 0.15) is 50.2 Å². The van der Waals surface area contributed by atoms with E-state index in [9.17, 15) is 0 Å². The monoisotopic (exact) mass is 396 g/mol. The number of hydrogen-bond acceptors (Lipinski definition) is 4. The van der Waals surface area contributed by atoms with E-state index in [1.54, 1.807) is 0 Å². The molecule has 0 unspecified atom stereocenters. The van der Waals surface area contributed by atoms with Crippen molar-refractivity contribution >= 4 is 5.96 Å². The van der Waals surface area contributed by atoms with Crippen LogP contribution in [0.15, 0.2) is 35.3 Å². The van der Waals surface area contributed by atoms with E-state index in [2.05, 4.69) is 20.4 Å². The largest absolute Gasteiger partial charge is 0.490 e. The second kappa shape index (κ2) is 9.29. The zero-order valence-electron chi connectivity index (χ0n) is 17.5. The summed E-state index contributed by atoms with van der Waals surface area (Å²) < 4.78 is 8.17. The second-order valence-electron chi connectivity index (χ2n) is 8.11. The van der Waals surface area contributed by atoms with E-state index < -0.39 is 0 Å². The fraction of sp³-hybridized carbons (Fsp3) is 0.591. The quantitative estimate of drug-likeness (QED) is 0.621. The molecule has 2 aromatic rings. The van der Waals surface area contributed by atoms with Gasteiger partial charge in [0.15, 0.2) is 11.8 Å². The van der Waals surface area contributed by atoms with Crippen LogP contribution in [-0.4, -0.2) is 50.9 Å². The number of aromatic nitrogens is 3. The molecule has 1 aliphatic heterocycles. The first kappa shape index (κ1) is 19.7. The maximum atomic E-state index is 6.16. The minimum Gasteiger partial charge on any atom is -0.490 e. The maximum absolute atomic E-state index is 6.16. The average Bonchev–Trinajstić information content (AvgIpc) is 3.37. The van der Waals surface area contributed by atoms with Crippen molar-refractivity contribution in [2.45, 2.75) is 64.1 Å². The molecule has 1 saturated carbocycles.